The summed E-state index contributed by atoms with van der Waals surface area (Å²) in [5.74, 6) is -0.962. The number of carbonyl (C=O) groups excluding carboxylic acids is 2. The van der Waals surface area contributed by atoms with Crippen molar-refractivity contribution >= 4 is 21.9 Å². The molecule has 0 atom stereocenters. The van der Waals surface area contributed by atoms with Crippen molar-refractivity contribution in [1.29, 1.82) is 0 Å². The van der Waals surface area contributed by atoms with Gasteiger partial charge in [-0.3, -0.25) is 9.59 Å². The number of amides is 1. The highest BCUT2D eigenvalue weighted by molar-refractivity contribution is 7.89. The van der Waals surface area contributed by atoms with E-state index in [1.807, 2.05) is 6.92 Å². The first-order valence-corrected chi connectivity index (χ1v) is 8.32. The highest BCUT2D eigenvalue weighted by Crippen LogP contribution is 2.09. The summed E-state index contributed by atoms with van der Waals surface area (Å²) < 4.78 is 30.9. The molecule has 2 N–H and O–H groups in total. The van der Waals surface area contributed by atoms with Crippen molar-refractivity contribution in [3.8, 4) is 0 Å². The minimum Gasteiger partial charge on any atom is -0.465 e. The number of nitrogens with one attached hydrogen (secondary N) is 2. The molecule has 22 heavy (non-hydrogen) atoms. The molecule has 1 rings (SSSR count). The lowest BCUT2D eigenvalue weighted by Crippen LogP contribution is -2.34. The molecule has 1 amide bonds. The van der Waals surface area contributed by atoms with E-state index in [1.165, 1.54) is 12.1 Å². The Morgan fingerprint density at radius 2 is 1.82 bits per heavy atom. The monoisotopic (exact) mass is 328 g/mol. The number of ether oxygens (including phenoxy) is 1. The summed E-state index contributed by atoms with van der Waals surface area (Å²) in [4.78, 5) is 22.7. The Hall–Kier alpha value is -1.93. The summed E-state index contributed by atoms with van der Waals surface area (Å²) in [6.45, 7) is 3.49. The minimum atomic E-state index is -3.63. The van der Waals surface area contributed by atoms with E-state index in [2.05, 4.69) is 14.8 Å². The lowest BCUT2D eigenvalue weighted by molar-refractivity contribution is -0.143. The number of hydrogen-bond acceptors (Lipinski definition) is 5. The van der Waals surface area contributed by atoms with Crippen LogP contribution in [0, 0.1) is 6.92 Å². The second-order valence-electron chi connectivity index (χ2n) is 4.54. The Morgan fingerprint density at radius 3 is 2.41 bits per heavy atom. The SMILES string of the molecule is CCOC(=O)CNC(=O)CCNS(=O)(=O)c1ccc(C)cc1. The maximum atomic E-state index is 12.0. The van der Waals surface area contributed by atoms with E-state index < -0.39 is 21.9 Å². The van der Waals surface area contributed by atoms with Crippen LogP contribution in [0.15, 0.2) is 29.2 Å². The molecule has 122 valence electrons. The maximum absolute atomic E-state index is 12.0. The quantitative estimate of drug-likeness (QED) is 0.670. The largest absolute Gasteiger partial charge is 0.465 e. The Morgan fingerprint density at radius 1 is 1.18 bits per heavy atom. The van der Waals surface area contributed by atoms with E-state index in [4.69, 9.17) is 0 Å². The zero-order valence-electron chi connectivity index (χ0n) is 12.6. The van der Waals surface area contributed by atoms with E-state index >= 15 is 0 Å². The molecule has 0 saturated heterocycles. The van der Waals surface area contributed by atoms with E-state index in [0.29, 0.717) is 0 Å². The molecule has 0 spiro atoms. The summed E-state index contributed by atoms with van der Waals surface area (Å²) in [6.07, 6.45) is -0.0650. The lowest BCUT2D eigenvalue weighted by Gasteiger charge is -2.07. The molecule has 0 radical (unpaired) electrons. The number of carbonyl (C=O) groups is 2. The maximum Gasteiger partial charge on any atom is 0.325 e. The van der Waals surface area contributed by atoms with Crippen molar-refractivity contribution in [1.82, 2.24) is 10.0 Å². The molecule has 0 saturated carbocycles. The molecule has 0 bridgehead atoms. The molecule has 8 heteroatoms. The summed E-state index contributed by atoms with van der Waals surface area (Å²) in [6, 6.07) is 6.39. The molecule has 7 nitrogen and oxygen atoms in total. The zero-order valence-corrected chi connectivity index (χ0v) is 13.4. The number of esters is 1. The van der Waals surface area contributed by atoms with Gasteiger partial charge < -0.3 is 10.1 Å². The Kier molecular flexibility index (Phi) is 7.00. The van der Waals surface area contributed by atoms with Gasteiger partial charge in [0, 0.05) is 13.0 Å². The standard InChI is InChI=1S/C14H20N2O5S/c1-3-21-14(18)10-15-13(17)8-9-16-22(19,20)12-6-4-11(2)5-7-12/h4-7,16H,3,8-10H2,1-2H3,(H,15,17). The van der Waals surface area contributed by atoms with Gasteiger partial charge in [0.05, 0.1) is 11.5 Å². The molecule has 0 aliphatic heterocycles. The summed E-state index contributed by atoms with van der Waals surface area (Å²) in [5, 5.41) is 2.35. The number of aryl methyl sites for hydroxylation is 1. The third-order valence-corrected chi connectivity index (χ3v) is 4.19. The van der Waals surface area contributed by atoms with Crippen molar-refractivity contribution in [3.05, 3.63) is 29.8 Å². The predicted molar refractivity (Wildman–Crippen MR) is 80.6 cm³/mol. The second-order valence-corrected chi connectivity index (χ2v) is 6.31. The van der Waals surface area contributed by atoms with Crippen molar-refractivity contribution in [3.63, 3.8) is 0 Å². The first-order chi connectivity index (χ1) is 10.3. The molecular formula is C14H20N2O5S. The normalized spacial score (nSPS) is 11.0. The first-order valence-electron chi connectivity index (χ1n) is 6.84. The van der Waals surface area contributed by atoms with Gasteiger partial charge in [-0.05, 0) is 26.0 Å². The number of hydrogen-bond donors (Lipinski definition) is 2. The van der Waals surface area contributed by atoms with Crippen LogP contribution in [0.1, 0.15) is 18.9 Å². The fraction of sp³-hybridized carbons (Fsp3) is 0.429. The molecule has 0 unspecified atom stereocenters. The Bertz CT molecular complexity index is 611. The van der Waals surface area contributed by atoms with Crippen LogP contribution in [-0.2, 0) is 24.3 Å². The van der Waals surface area contributed by atoms with Gasteiger partial charge in [0.1, 0.15) is 6.54 Å². The van der Waals surface area contributed by atoms with Crippen LogP contribution in [-0.4, -0.2) is 40.0 Å². The molecule has 1 aromatic rings. The third-order valence-electron chi connectivity index (χ3n) is 2.71. The topological polar surface area (TPSA) is 102 Å². The fourth-order valence-electron chi connectivity index (χ4n) is 1.57. The number of benzene rings is 1. The Labute approximate surface area is 130 Å². The molecule has 0 aliphatic carbocycles. The smallest absolute Gasteiger partial charge is 0.325 e. The van der Waals surface area contributed by atoms with E-state index in [0.717, 1.165) is 5.56 Å². The molecule has 0 fully saturated rings. The van der Waals surface area contributed by atoms with Crippen LogP contribution >= 0.6 is 0 Å². The van der Waals surface area contributed by atoms with Gasteiger partial charge in [-0.15, -0.1) is 0 Å². The molecule has 0 aliphatic rings. The molecule has 0 aromatic heterocycles. The van der Waals surface area contributed by atoms with Crippen LogP contribution in [0.2, 0.25) is 0 Å². The van der Waals surface area contributed by atoms with Crippen molar-refractivity contribution in [2.75, 3.05) is 19.7 Å². The zero-order chi connectivity index (χ0) is 16.6. The Balaban J connectivity index is 2.38. The first kappa shape index (κ1) is 18.1. The van der Waals surface area contributed by atoms with Crippen molar-refractivity contribution < 1.29 is 22.7 Å². The van der Waals surface area contributed by atoms with Gasteiger partial charge in [0.2, 0.25) is 15.9 Å². The van der Waals surface area contributed by atoms with Gasteiger partial charge in [-0.25, -0.2) is 13.1 Å². The van der Waals surface area contributed by atoms with Crippen molar-refractivity contribution in [2.24, 2.45) is 0 Å². The van der Waals surface area contributed by atoms with E-state index in [9.17, 15) is 18.0 Å². The number of sulfonamides is 1. The van der Waals surface area contributed by atoms with Gasteiger partial charge >= 0.3 is 5.97 Å². The van der Waals surface area contributed by atoms with E-state index in [1.54, 1.807) is 19.1 Å². The fourth-order valence-corrected chi connectivity index (χ4v) is 2.60. The van der Waals surface area contributed by atoms with Gasteiger partial charge in [-0.2, -0.15) is 0 Å². The van der Waals surface area contributed by atoms with Crippen molar-refractivity contribution in [2.45, 2.75) is 25.2 Å². The van der Waals surface area contributed by atoms with Crippen LogP contribution < -0.4 is 10.0 Å². The molecule has 1 aromatic carbocycles. The highest BCUT2D eigenvalue weighted by Gasteiger charge is 2.14. The van der Waals surface area contributed by atoms with Gasteiger partial charge in [-0.1, -0.05) is 17.7 Å². The highest BCUT2D eigenvalue weighted by atomic mass is 32.2. The van der Waals surface area contributed by atoms with Crippen LogP contribution in [0.5, 0.6) is 0 Å². The average Bonchev–Trinajstić information content (AvgIpc) is 2.46. The molecular weight excluding hydrogens is 308 g/mol. The summed E-state index contributed by atoms with van der Waals surface area (Å²) >= 11 is 0. The number of rotatable bonds is 8. The van der Waals surface area contributed by atoms with Crippen LogP contribution in [0.25, 0.3) is 0 Å². The van der Waals surface area contributed by atoms with E-state index in [-0.39, 0.29) is 31.0 Å². The predicted octanol–water partition coefficient (Wildman–Crippen LogP) is 0.343. The summed E-state index contributed by atoms with van der Waals surface area (Å²) in [7, 11) is -3.63. The van der Waals surface area contributed by atoms with Gasteiger partial charge in [0.15, 0.2) is 0 Å². The lowest BCUT2D eigenvalue weighted by atomic mass is 10.2. The second kappa shape index (κ2) is 8.50. The molecule has 0 heterocycles. The van der Waals surface area contributed by atoms with Crippen LogP contribution in [0.4, 0.5) is 0 Å². The summed E-state index contributed by atoms with van der Waals surface area (Å²) in [5.41, 5.74) is 0.956. The average molecular weight is 328 g/mol. The van der Waals surface area contributed by atoms with Crippen LogP contribution in [0.3, 0.4) is 0 Å². The third kappa shape index (κ3) is 6.23. The minimum absolute atomic E-state index is 0.0507. The van der Waals surface area contributed by atoms with Gasteiger partial charge in [0.25, 0.3) is 0 Å².